The van der Waals surface area contributed by atoms with E-state index in [4.69, 9.17) is 4.43 Å². The van der Waals surface area contributed by atoms with Gasteiger partial charge >= 0.3 is 0 Å². The molecule has 2 nitrogen and oxygen atoms in total. The smallest absolute Gasteiger partial charge is 0.225 e. The van der Waals surface area contributed by atoms with Gasteiger partial charge in [-0.15, -0.1) is 0 Å². The van der Waals surface area contributed by atoms with Crippen LogP contribution in [0.2, 0.25) is 0 Å². The number of halogens is 1. The molecule has 0 heterocycles. The summed E-state index contributed by atoms with van der Waals surface area (Å²) in [6, 6.07) is 0. The topological polar surface area (TPSA) is 9.23 Å². The predicted octanol–water partition coefficient (Wildman–Crippen LogP) is 4.18. The second kappa shape index (κ2) is 23.1. The van der Waals surface area contributed by atoms with Crippen molar-refractivity contribution in [2.24, 2.45) is 0 Å². The van der Waals surface area contributed by atoms with Gasteiger partial charge in [0.25, 0.3) is 0 Å². The van der Waals surface area contributed by atoms with Crippen molar-refractivity contribution in [3.05, 3.63) is 0 Å². The van der Waals surface area contributed by atoms with Crippen LogP contribution in [0, 0.1) is 0 Å². The third-order valence-electron chi connectivity index (χ3n) is 6.56. The van der Waals surface area contributed by atoms with E-state index in [2.05, 4.69) is 34.9 Å². The predicted molar refractivity (Wildman–Crippen MR) is 131 cm³/mol. The van der Waals surface area contributed by atoms with Crippen LogP contribution in [0.25, 0.3) is 0 Å². The Labute approximate surface area is 193 Å². The van der Waals surface area contributed by atoms with Crippen molar-refractivity contribution in [1.82, 2.24) is 0 Å². The summed E-state index contributed by atoms with van der Waals surface area (Å²) in [5, 5.41) is 0. The lowest BCUT2D eigenvalue weighted by Crippen LogP contribution is -3.00. The van der Waals surface area contributed by atoms with E-state index in [1.54, 1.807) is 0 Å². The average molecular weight is 450 g/mol. The Bertz CT molecular complexity index is 315. The van der Waals surface area contributed by atoms with E-state index in [1.165, 1.54) is 120 Å². The van der Waals surface area contributed by atoms with Crippen molar-refractivity contribution in [2.45, 2.75) is 136 Å². The van der Waals surface area contributed by atoms with E-state index < -0.39 is 0 Å². The van der Waals surface area contributed by atoms with Crippen molar-refractivity contribution < 1.29 is 21.3 Å². The minimum Gasteiger partial charge on any atom is -1.00 e. The van der Waals surface area contributed by atoms with Crippen molar-refractivity contribution in [2.75, 3.05) is 27.2 Å². The summed E-state index contributed by atoms with van der Waals surface area (Å²) in [5.41, 5.74) is 0.788. The molecule has 0 aromatic carbocycles. The van der Waals surface area contributed by atoms with Crippen molar-refractivity contribution >= 4 is 9.76 Å². The van der Waals surface area contributed by atoms with Crippen molar-refractivity contribution in [3.63, 3.8) is 0 Å². The summed E-state index contributed by atoms with van der Waals surface area (Å²) in [7, 11) is 4.47. The molecule has 0 rings (SSSR count). The van der Waals surface area contributed by atoms with Gasteiger partial charge in [0.1, 0.15) is 0 Å². The van der Waals surface area contributed by atoms with Gasteiger partial charge in [-0.05, 0) is 26.2 Å². The minimum atomic E-state index is -0.374. The fraction of sp³-hybridized carbons (Fsp3) is 1.00. The van der Waals surface area contributed by atoms with Crippen LogP contribution in [0.3, 0.4) is 0 Å². The van der Waals surface area contributed by atoms with Crippen LogP contribution in [0.5, 0.6) is 0 Å². The molecule has 0 saturated heterocycles. The van der Waals surface area contributed by atoms with E-state index in [1.807, 2.05) is 0 Å². The molecule has 0 N–H and O–H groups in total. The molecular formula is C25H56ClNOSi. The largest absolute Gasteiger partial charge is 1.00 e. The van der Waals surface area contributed by atoms with Crippen molar-refractivity contribution in [3.8, 4) is 0 Å². The number of quaternary nitrogens is 1. The standard InChI is InChI=1S/C25H56NOSi.ClH/c1-6-9-10-11-12-13-14-15-16-17-18-19-20-21-22-23-24-26(4,5)25(7-2)28-27-8-3;/h25H,6-24,28H2,1-5H3;1H/q+1;/p-1. The quantitative estimate of drug-likeness (QED) is 0.137. The molecule has 0 saturated carbocycles. The monoisotopic (exact) mass is 449 g/mol. The normalized spacial score (nSPS) is 13.1. The Morgan fingerprint density at radius 1 is 0.621 bits per heavy atom. The molecule has 1 atom stereocenters. The molecular weight excluding hydrogens is 394 g/mol. The zero-order valence-electron chi connectivity index (χ0n) is 21.0. The highest BCUT2D eigenvalue weighted by atomic mass is 35.5. The first-order valence-electron chi connectivity index (χ1n) is 13.0. The molecule has 0 aromatic rings. The molecule has 0 amide bonds. The molecule has 4 heteroatoms. The van der Waals surface area contributed by atoms with Gasteiger partial charge in [-0.25, -0.2) is 0 Å². The van der Waals surface area contributed by atoms with E-state index in [0.29, 0.717) is 0 Å². The maximum Gasteiger partial charge on any atom is 0.225 e. The zero-order valence-corrected chi connectivity index (χ0v) is 23.1. The van der Waals surface area contributed by atoms with Crippen LogP contribution in [-0.2, 0) is 4.43 Å². The lowest BCUT2D eigenvalue weighted by Gasteiger charge is -2.37. The molecule has 0 aliphatic carbocycles. The molecule has 0 fully saturated rings. The van der Waals surface area contributed by atoms with Crippen LogP contribution < -0.4 is 12.4 Å². The first kappa shape index (κ1) is 31.6. The van der Waals surface area contributed by atoms with E-state index >= 15 is 0 Å². The Hall–Kier alpha value is 0.427. The maximum absolute atomic E-state index is 5.83. The van der Waals surface area contributed by atoms with Gasteiger partial charge in [-0.3, -0.25) is 0 Å². The second-order valence-electron chi connectivity index (χ2n) is 9.53. The highest BCUT2D eigenvalue weighted by Crippen LogP contribution is 2.16. The number of hydrogen-bond acceptors (Lipinski definition) is 1. The van der Waals surface area contributed by atoms with Crippen LogP contribution in [0.4, 0.5) is 0 Å². The summed E-state index contributed by atoms with van der Waals surface area (Å²) in [5.74, 6) is 0. The zero-order chi connectivity index (χ0) is 20.9. The molecule has 0 aliphatic rings. The van der Waals surface area contributed by atoms with Crippen molar-refractivity contribution in [1.29, 1.82) is 0 Å². The molecule has 1 unspecified atom stereocenters. The molecule has 0 aliphatic heterocycles. The van der Waals surface area contributed by atoms with Gasteiger partial charge in [0.15, 0.2) is 0 Å². The third-order valence-corrected chi connectivity index (χ3v) is 9.16. The van der Waals surface area contributed by atoms with Crippen LogP contribution >= 0.6 is 0 Å². The molecule has 0 aromatic heterocycles. The molecule has 0 spiro atoms. The number of rotatable bonds is 22. The Morgan fingerprint density at radius 2 is 1.00 bits per heavy atom. The maximum atomic E-state index is 5.83. The Balaban J connectivity index is 0. The number of nitrogens with zero attached hydrogens (tertiary/aromatic N) is 1. The third kappa shape index (κ3) is 20.1. The van der Waals surface area contributed by atoms with E-state index in [9.17, 15) is 0 Å². The van der Waals surface area contributed by atoms with Gasteiger partial charge in [0, 0.05) is 6.61 Å². The molecule has 0 bridgehead atoms. The summed E-state index contributed by atoms with van der Waals surface area (Å²) in [6.45, 7) is 9.01. The fourth-order valence-electron chi connectivity index (χ4n) is 4.32. The molecule has 29 heavy (non-hydrogen) atoms. The molecule has 0 radical (unpaired) electrons. The van der Waals surface area contributed by atoms with Gasteiger partial charge in [0.05, 0.1) is 26.3 Å². The van der Waals surface area contributed by atoms with Crippen LogP contribution in [0.15, 0.2) is 0 Å². The number of hydrogen-bond donors (Lipinski definition) is 0. The second-order valence-corrected chi connectivity index (χ2v) is 11.2. The lowest BCUT2D eigenvalue weighted by molar-refractivity contribution is -0.903. The Morgan fingerprint density at radius 3 is 1.34 bits per heavy atom. The number of unbranched alkanes of at least 4 members (excludes halogenated alkanes) is 15. The lowest BCUT2D eigenvalue weighted by atomic mass is 10.0. The van der Waals surface area contributed by atoms with Gasteiger partial charge in [-0.2, -0.15) is 0 Å². The first-order chi connectivity index (χ1) is 13.6. The highest BCUT2D eigenvalue weighted by Gasteiger charge is 2.26. The summed E-state index contributed by atoms with van der Waals surface area (Å²) in [6.07, 6.45) is 24.5. The van der Waals surface area contributed by atoms with Crippen LogP contribution in [-0.4, -0.2) is 47.2 Å². The van der Waals surface area contributed by atoms with Gasteiger partial charge in [-0.1, -0.05) is 104 Å². The summed E-state index contributed by atoms with van der Waals surface area (Å²) >= 11 is 0. The van der Waals surface area contributed by atoms with Gasteiger partial charge in [0.2, 0.25) is 9.76 Å². The highest BCUT2D eigenvalue weighted by molar-refractivity contribution is 6.28. The van der Waals surface area contributed by atoms with Crippen LogP contribution in [0.1, 0.15) is 130 Å². The minimum absolute atomic E-state index is 0. The SMILES string of the molecule is CCCCCCCCCCCCCCCCCC[N+](C)(C)C(CC)[SiH2]OCC.[Cl-]. The average Bonchev–Trinajstić information content (AvgIpc) is 2.68. The fourth-order valence-corrected chi connectivity index (χ4v) is 5.65. The van der Waals surface area contributed by atoms with E-state index in [-0.39, 0.29) is 22.2 Å². The summed E-state index contributed by atoms with van der Waals surface area (Å²) < 4.78 is 7.01. The van der Waals surface area contributed by atoms with E-state index in [0.717, 1.165) is 12.3 Å². The Kier molecular flexibility index (Phi) is 25.2. The summed E-state index contributed by atoms with van der Waals surface area (Å²) in [4.78, 5) is 0. The first-order valence-corrected chi connectivity index (χ1v) is 14.4. The van der Waals surface area contributed by atoms with Gasteiger partial charge < -0.3 is 21.3 Å². The molecule has 178 valence electrons.